The Hall–Kier alpha value is -1.81. The number of likely N-dealkylation sites (tertiary alicyclic amines) is 1. The number of nitrogens with one attached hydrogen (secondary N) is 1. The molecule has 3 fully saturated rings. The number of hydrogen-bond acceptors (Lipinski definition) is 5. The van der Waals surface area contributed by atoms with E-state index in [0.29, 0.717) is 25.2 Å². The van der Waals surface area contributed by atoms with E-state index in [1.807, 2.05) is 0 Å². The summed E-state index contributed by atoms with van der Waals surface area (Å²) in [5, 5.41) is 22.3. The van der Waals surface area contributed by atoms with E-state index in [1.165, 1.54) is 0 Å². The van der Waals surface area contributed by atoms with Crippen molar-refractivity contribution in [3.05, 3.63) is 0 Å². The van der Waals surface area contributed by atoms with Crippen molar-refractivity contribution in [3.8, 4) is 6.07 Å². The van der Waals surface area contributed by atoms with E-state index in [2.05, 4.69) is 11.4 Å². The number of aliphatic hydroxyl groups is 1. The number of nitriles is 1. The average molecular weight is 363 g/mol. The molecule has 0 bridgehead atoms. The molecule has 3 aliphatic rings. The Balaban J connectivity index is 1.84. The first-order chi connectivity index (χ1) is 12.2. The van der Waals surface area contributed by atoms with Crippen LogP contribution in [0.15, 0.2) is 0 Å². The summed E-state index contributed by atoms with van der Waals surface area (Å²) in [4.78, 5) is 27.4. The zero-order valence-corrected chi connectivity index (χ0v) is 15.8. The van der Waals surface area contributed by atoms with Crippen LogP contribution >= 0.6 is 0 Å². The Morgan fingerprint density at radius 2 is 2.00 bits per heavy atom. The fourth-order valence-electron chi connectivity index (χ4n) is 4.56. The van der Waals surface area contributed by atoms with E-state index in [1.54, 1.807) is 25.7 Å². The van der Waals surface area contributed by atoms with Gasteiger partial charge in [-0.1, -0.05) is 12.8 Å². The summed E-state index contributed by atoms with van der Waals surface area (Å²) in [6, 6.07) is 1.03. The van der Waals surface area contributed by atoms with Crippen molar-refractivity contribution in [2.75, 3.05) is 6.61 Å². The Labute approximate surface area is 154 Å². The molecule has 2 N–H and O–H groups in total. The lowest BCUT2D eigenvalue weighted by Crippen LogP contribution is -2.59. The molecule has 26 heavy (non-hydrogen) atoms. The number of carbonyl (C=O) groups is 2. The van der Waals surface area contributed by atoms with Crippen LogP contribution in [0.25, 0.3) is 0 Å². The first-order valence-corrected chi connectivity index (χ1v) is 9.53. The summed E-state index contributed by atoms with van der Waals surface area (Å²) in [6.07, 6.45) is 4.15. The second kappa shape index (κ2) is 6.73. The second-order valence-electron chi connectivity index (χ2n) is 9.00. The molecular weight excluding hydrogens is 334 g/mol. The maximum atomic E-state index is 13.4. The summed E-state index contributed by atoms with van der Waals surface area (Å²) in [5.41, 5.74) is -1.36. The SMILES string of the molecule is CC(C)(C)OC(=O)N[C@H](C(=O)N1C(C#N)C[C@@H]2C[C@@H]21)C1(CO)CCCC1. The summed E-state index contributed by atoms with van der Waals surface area (Å²) >= 11 is 0. The minimum absolute atomic E-state index is 0.104. The van der Waals surface area contributed by atoms with Crippen molar-refractivity contribution in [1.29, 1.82) is 5.26 Å². The van der Waals surface area contributed by atoms with Crippen LogP contribution in [0.1, 0.15) is 59.3 Å². The summed E-state index contributed by atoms with van der Waals surface area (Å²) < 4.78 is 5.35. The van der Waals surface area contributed by atoms with Gasteiger partial charge in [0.15, 0.2) is 0 Å². The molecule has 7 heteroatoms. The maximum Gasteiger partial charge on any atom is 0.408 e. The lowest BCUT2D eigenvalue weighted by molar-refractivity contribution is -0.139. The molecule has 0 radical (unpaired) electrons. The van der Waals surface area contributed by atoms with Gasteiger partial charge in [-0.25, -0.2) is 4.79 Å². The topological polar surface area (TPSA) is 103 Å². The van der Waals surface area contributed by atoms with E-state index in [0.717, 1.165) is 19.3 Å². The smallest absolute Gasteiger partial charge is 0.408 e. The van der Waals surface area contributed by atoms with Crippen LogP contribution in [0.4, 0.5) is 4.79 Å². The number of alkyl carbamates (subject to hydrolysis) is 1. The number of fused-ring (bicyclic) bond motifs is 1. The normalized spacial score (nSPS) is 30.3. The van der Waals surface area contributed by atoms with Gasteiger partial charge in [0.05, 0.1) is 12.7 Å². The van der Waals surface area contributed by atoms with Gasteiger partial charge in [-0.3, -0.25) is 4.79 Å². The van der Waals surface area contributed by atoms with Crippen LogP contribution in [-0.2, 0) is 9.53 Å². The van der Waals surface area contributed by atoms with E-state index < -0.39 is 29.2 Å². The van der Waals surface area contributed by atoms with E-state index in [-0.39, 0.29) is 18.6 Å². The van der Waals surface area contributed by atoms with Crippen molar-refractivity contribution in [1.82, 2.24) is 10.2 Å². The van der Waals surface area contributed by atoms with E-state index in [9.17, 15) is 20.0 Å². The first-order valence-electron chi connectivity index (χ1n) is 9.53. The number of piperidine rings is 1. The number of amides is 2. The zero-order valence-electron chi connectivity index (χ0n) is 15.8. The van der Waals surface area contributed by atoms with Gasteiger partial charge in [0.25, 0.3) is 0 Å². The second-order valence-corrected chi connectivity index (χ2v) is 9.00. The Kier molecular flexibility index (Phi) is 4.91. The van der Waals surface area contributed by atoms with E-state index in [4.69, 9.17) is 4.74 Å². The molecule has 0 aromatic carbocycles. The van der Waals surface area contributed by atoms with Gasteiger partial charge in [-0.15, -0.1) is 0 Å². The molecule has 1 heterocycles. The van der Waals surface area contributed by atoms with Crippen LogP contribution in [0, 0.1) is 22.7 Å². The fraction of sp³-hybridized carbons (Fsp3) is 0.842. The lowest BCUT2D eigenvalue weighted by atomic mass is 9.78. The molecule has 2 amide bonds. The summed E-state index contributed by atoms with van der Waals surface area (Å²) in [6.45, 7) is 5.13. The molecule has 4 atom stereocenters. The van der Waals surface area contributed by atoms with Gasteiger partial charge in [0, 0.05) is 11.5 Å². The molecule has 1 aliphatic heterocycles. The molecule has 1 saturated heterocycles. The van der Waals surface area contributed by atoms with Crippen LogP contribution in [0.3, 0.4) is 0 Å². The molecule has 7 nitrogen and oxygen atoms in total. The number of carbonyl (C=O) groups excluding carboxylic acids is 2. The minimum atomic E-state index is -0.861. The number of hydrogen-bond donors (Lipinski definition) is 2. The number of nitrogens with zero attached hydrogens (tertiary/aromatic N) is 2. The third kappa shape index (κ3) is 3.52. The highest BCUT2D eigenvalue weighted by Crippen LogP contribution is 2.49. The quantitative estimate of drug-likeness (QED) is 0.795. The van der Waals surface area contributed by atoms with Crippen molar-refractivity contribution in [3.63, 3.8) is 0 Å². The molecule has 2 aliphatic carbocycles. The summed E-state index contributed by atoms with van der Waals surface area (Å²) in [7, 11) is 0. The molecule has 0 aromatic heterocycles. The van der Waals surface area contributed by atoms with Crippen LogP contribution in [0.5, 0.6) is 0 Å². The van der Waals surface area contributed by atoms with Gasteiger partial charge in [0.1, 0.15) is 17.7 Å². The third-order valence-corrected chi connectivity index (χ3v) is 5.94. The minimum Gasteiger partial charge on any atom is -0.444 e. The maximum absolute atomic E-state index is 13.4. The number of ether oxygens (including phenoxy) is 1. The highest BCUT2D eigenvalue weighted by molar-refractivity contribution is 5.88. The Morgan fingerprint density at radius 1 is 1.35 bits per heavy atom. The van der Waals surface area contributed by atoms with Crippen LogP contribution in [-0.4, -0.2) is 52.3 Å². The summed E-state index contributed by atoms with van der Waals surface area (Å²) in [5.74, 6) is 0.155. The average Bonchev–Trinajstić information content (AvgIpc) is 3.01. The van der Waals surface area contributed by atoms with Gasteiger partial charge in [-0.2, -0.15) is 5.26 Å². The van der Waals surface area contributed by atoms with Crippen molar-refractivity contribution in [2.24, 2.45) is 11.3 Å². The van der Waals surface area contributed by atoms with Gasteiger partial charge in [-0.05, 0) is 52.4 Å². The predicted molar refractivity (Wildman–Crippen MR) is 93.9 cm³/mol. The zero-order chi connectivity index (χ0) is 19.1. The number of aliphatic hydroxyl groups excluding tert-OH is 1. The molecule has 3 rings (SSSR count). The first kappa shape index (κ1) is 19.0. The van der Waals surface area contributed by atoms with Gasteiger partial charge >= 0.3 is 6.09 Å². The van der Waals surface area contributed by atoms with Crippen molar-refractivity contribution >= 4 is 12.0 Å². The monoisotopic (exact) mass is 363 g/mol. The van der Waals surface area contributed by atoms with Crippen LogP contribution < -0.4 is 5.32 Å². The molecule has 0 spiro atoms. The molecule has 1 unspecified atom stereocenters. The molecule has 144 valence electrons. The predicted octanol–water partition coefficient (Wildman–Crippen LogP) is 1.95. The third-order valence-electron chi connectivity index (χ3n) is 5.94. The van der Waals surface area contributed by atoms with Gasteiger partial charge in [0.2, 0.25) is 5.91 Å². The number of rotatable bonds is 4. The molecular formula is C19H29N3O4. The lowest BCUT2D eigenvalue weighted by Gasteiger charge is -2.39. The van der Waals surface area contributed by atoms with Crippen molar-refractivity contribution < 1.29 is 19.4 Å². The van der Waals surface area contributed by atoms with E-state index >= 15 is 0 Å². The highest BCUT2D eigenvalue weighted by atomic mass is 16.6. The fourth-order valence-corrected chi connectivity index (χ4v) is 4.56. The molecule has 0 aromatic rings. The Morgan fingerprint density at radius 3 is 2.54 bits per heavy atom. The van der Waals surface area contributed by atoms with Crippen LogP contribution in [0.2, 0.25) is 0 Å². The highest BCUT2D eigenvalue weighted by Gasteiger charge is 2.57. The van der Waals surface area contributed by atoms with Gasteiger partial charge < -0.3 is 20.1 Å². The largest absolute Gasteiger partial charge is 0.444 e. The van der Waals surface area contributed by atoms with Crippen molar-refractivity contribution in [2.45, 2.75) is 83.0 Å². The molecule has 2 saturated carbocycles. The standard InChI is InChI=1S/C19H29N3O4/c1-18(2,3)26-17(25)21-15(19(11-23)6-4-5-7-19)16(24)22-13(10-20)8-12-9-14(12)22/h12-15,23H,4-9,11H2,1-3H3,(H,21,25)/t12-,13?,14+,15-/m1/s1. The Bertz CT molecular complexity index is 615.